The Bertz CT molecular complexity index is 975. The Balaban J connectivity index is 1.97. The number of amides is 2. The molecule has 0 fully saturated rings. The van der Waals surface area contributed by atoms with Crippen molar-refractivity contribution >= 4 is 40.6 Å². The van der Waals surface area contributed by atoms with Gasteiger partial charge in [0.15, 0.2) is 11.5 Å². The van der Waals surface area contributed by atoms with Crippen LogP contribution in [0.15, 0.2) is 30.3 Å². The molecule has 0 atom stereocenters. The van der Waals surface area contributed by atoms with Crippen molar-refractivity contribution in [3.63, 3.8) is 0 Å². The van der Waals surface area contributed by atoms with Crippen molar-refractivity contribution in [1.82, 2.24) is 0 Å². The largest absolute Gasteiger partial charge is 0.493 e. The molecule has 0 aromatic heterocycles. The van der Waals surface area contributed by atoms with Crippen LogP contribution in [0.25, 0.3) is 0 Å². The molecule has 9 heteroatoms. The Labute approximate surface area is 165 Å². The number of Topliss-reactive ketones (excluding diaryl/α,β-unsaturated/α-hetero) is 1. The summed E-state index contributed by atoms with van der Waals surface area (Å²) in [6.45, 7) is -0.387. The lowest BCUT2D eigenvalue weighted by Crippen LogP contribution is -2.37. The van der Waals surface area contributed by atoms with E-state index in [0.29, 0.717) is 10.7 Å². The van der Waals surface area contributed by atoms with Gasteiger partial charge in [-0.05, 0) is 12.1 Å². The van der Waals surface area contributed by atoms with Gasteiger partial charge in [0.1, 0.15) is 6.54 Å². The third-order valence-corrected chi connectivity index (χ3v) is 4.55. The smallest absolute Gasteiger partial charge is 0.300 e. The van der Waals surface area contributed by atoms with Gasteiger partial charge in [-0.3, -0.25) is 19.3 Å². The van der Waals surface area contributed by atoms with Gasteiger partial charge >= 0.3 is 0 Å². The molecule has 1 heterocycles. The number of hydrogen-bond acceptors (Lipinski definition) is 6. The number of rotatable bonds is 6. The summed E-state index contributed by atoms with van der Waals surface area (Å²) in [6, 6.07) is 8.15. The number of hydrogen-bond donors (Lipinski definition) is 1. The molecule has 2 aromatic carbocycles. The highest BCUT2D eigenvalue weighted by Gasteiger charge is 2.42. The number of ketones is 1. The summed E-state index contributed by atoms with van der Waals surface area (Å²) in [7, 11) is 4.15. The van der Waals surface area contributed by atoms with E-state index in [1.165, 1.54) is 27.4 Å². The number of para-hydroxylation sites is 1. The van der Waals surface area contributed by atoms with E-state index in [4.69, 9.17) is 25.8 Å². The molecule has 1 N–H and O–H groups in total. The summed E-state index contributed by atoms with van der Waals surface area (Å²) in [5, 5.41) is 2.97. The molecule has 28 heavy (non-hydrogen) atoms. The van der Waals surface area contributed by atoms with Gasteiger partial charge < -0.3 is 19.5 Å². The maximum Gasteiger partial charge on any atom is 0.300 e. The number of carbonyl (C=O) groups excluding carboxylic acids is 3. The van der Waals surface area contributed by atoms with E-state index in [9.17, 15) is 14.4 Å². The first-order chi connectivity index (χ1) is 13.4. The molecule has 0 saturated carbocycles. The molecule has 0 spiro atoms. The fourth-order valence-corrected chi connectivity index (χ4v) is 3.15. The molecule has 2 amide bonds. The maximum absolute atomic E-state index is 12.5. The van der Waals surface area contributed by atoms with Crippen molar-refractivity contribution in [3.05, 3.63) is 40.9 Å². The Morgan fingerprint density at radius 2 is 1.75 bits per heavy atom. The summed E-state index contributed by atoms with van der Waals surface area (Å²) in [4.78, 5) is 38.6. The predicted octanol–water partition coefficient (Wildman–Crippen LogP) is 2.53. The third kappa shape index (κ3) is 3.22. The molecule has 3 rings (SSSR count). The van der Waals surface area contributed by atoms with E-state index in [-0.39, 0.29) is 35.0 Å². The lowest BCUT2D eigenvalue weighted by atomic mass is 10.1. The van der Waals surface area contributed by atoms with Gasteiger partial charge in [-0.15, -0.1) is 0 Å². The van der Waals surface area contributed by atoms with Crippen molar-refractivity contribution in [2.24, 2.45) is 0 Å². The van der Waals surface area contributed by atoms with Gasteiger partial charge in [0, 0.05) is 6.07 Å². The number of carbonyl (C=O) groups is 3. The maximum atomic E-state index is 12.5. The first kappa shape index (κ1) is 19.5. The van der Waals surface area contributed by atoms with E-state index in [0.717, 1.165) is 4.90 Å². The van der Waals surface area contributed by atoms with Gasteiger partial charge in [-0.1, -0.05) is 23.7 Å². The van der Waals surface area contributed by atoms with Crippen molar-refractivity contribution in [2.45, 2.75) is 0 Å². The lowest BCUT2D eigenvalue weighted by Gasteiger charge is -2.19. The van der Waals surface area contributed by atoms with Crippen LogP contribution in [0.5, 0.6) is 17.2 Å². The molecule has 1 aliphatic rings. The van der Waals surface area contributed by atoms with Crippen molar-refractivity contribution in [3.8, 4) is 17.2 Å². The third-order valence-electron chi connectivity index (χ3n) is 4.22. The average Bonchev–Trinajstić information content (AvgIpc) is 2.92. The monoisotopic (exact) mass is 404 g/mol. The molecule has 0 radical (unpaired) electrons. The number of benzene rings is 2. The van der Waals surface area contributed by atoms with Crippen LogP contribution < -0.4 is 24.4 Å². The van der Waals surface area contributed by atoms with Crippen molar-refractivity contribution in [2.75, 3.05) is 38.1 Å². The molecule has 1 aliphatic heterocycles. The predicted molar refractivity (Wildman–Crippen MR) is 103 cm³/mol. The summed E-state index contributed by atoms with van der Waals surface area (Å²) in [6.07, 6.45) is 0. The van der Waals surface area contributed by atoms with Gasteiger partial charge in [-0.2, -0.15) is 0 Å². The molecule has 8 nitrogen and oxygen atoms in total. The number of nitrogens with one attached hydrogen (secondary N) is 1. The van der Waals surface area contributed by atoms with Crippen LogP contribution in [0, 0.1) is 0 Å². The second-order valence-corrected chi connectivity index (χ2v) is 6.20. The van der Waals surface area contributed by atoms with E-state index in [2.05, 4.69) is 5.32 Å². The van der Waals surface area contributed by atoms with Crippen LogP contribution in [-0.2, 0) is 9.59 Å². The van der Waals surface area contributed by atoms with Crippen LogP contribution >= 0.6 is 11.6 Å². The molecular weight excluding hydrogens is 388 g/mol. The number of methoxy groups -OCH3 is 3. The number of nitrogens with zero attached hydrogens (tertiary/aromatic N) is 1. The quantitative estimate of drug-likeness (QED) is 0.743. The Morgan fingerprint density at radius 3 is 2.36 bits per heavy atom. The number of anilines is 2. The SMILES string of the molecule is COc1cc2c(c(OC)c1OC)C(=O)C(=O)N2CC(=O)Nc1ccccc1Cl. The van der Waals surface area contributed by atoms with Crippen molar-refractivity contribution in [1.29, 1.82) is 0 Å². The first-order valence-electron chi connectivity index (χ1n) is 8.16. The molecule has 2 aromatic rings. The molecule has 0 bridgehead atoms. The molecule has 0 unspecified atom stereocenters. The zero-order valence-corrected chi connectivity index (χ0v) is 16.1. The Hall–Kier alpha value is -3.26. The minimum Gasteiger partial charge on any atom is -0.493 e. The normalized spacial score (nSPS) is 12.6. The summed E-state index contributed by atoms with van der Waals surface area (Å²) < 4.78 is 15.8. The number of halogens is 1. The zero-order chi connectivity index (χ0) is 20.4. The van der Waals surface area contributed by atoms with Gasteiger partial charge in [0.25, 0.3) is 11.7 Å². The number of fused-ring (bicyclic) bond motifs is 1. The van der Waals surface area contributed by atoms with E-state index in [1.54, 1.807) is 24.3 Å². The van der Waals surface area contributed by atoms with Crippen LogP contribution in [-0.4, -0.2) is 45.5 Å². The Morgan fingerprint density at radius 1 is 1.07 bits per heavy atom. The number of ether oxygens (including phenoxy) is 3. The highest BCUT2D eigenvalue weighted by molar-refractivity contribution is 6.53. The second kappa shape index (κ2) is 7.77. The van der Waals surface area contributed by atoms with Gasteiger partial charge in [-0.25, -0.2) is 0 Å². The van der Waals surface area contributed by atoms with E-state index >= 15 is 0 Å². The molecule has 0 aliphatic carbocycles. The average molecular weight is 405 g/mol. The standard InChI is InChI=1S/C19H17ClN2O6/c1-26-13-8-12-15(18(28-3)17(13)27-2)16(24)19(25)22(12)9-14(23)21-11-7-5-4-6-10(11)20/h4-8H,9H2,1-3H3,(H,21,23). The van der Waals surface area contributed by atoms with Crippen LogP contribution in [0.4, 0.5) is 11.4 Å². The summed E-state index contributed by atoms with van der Waals surface area (Å²) in [5.74, 6) is -1.64. The highest BCUT2D eigenvalue weighted by atomic mass is 35.5. The fourth-order valence-electron chi connectivity index (χ4n) is 2.97. The van der Waals surface area contributed by atoms with Crippen LogP contribution in [0.1, 0.15) is 10.4 Å². The van der Waals surface area contributed by atoms with Gasteiger partial charge in [0.2, 0.25) is 11.7 Å². The zero-order valence-electron chi connectivity index (χ0n) is 15.4. The first-order valence-corrected chi connectivity index (χ1v) is 8.54. The lowest BCUT2D eigenvalue weighted by molar-refractivity contribution is -0.118. The summed E-state index contributed by atoms with van der Waals surface area (Å²) >= 11 is 6.03. The van der Waals surface area contributed by atoms with Crippen LogP contribution in [0.3, 0.4) is 0 Å². The second-order valence-electron chi connectivity index (χ2n) is 5.79. The van der Waals surface area contributed by atoms with Gasteiger partial charge in [0.05, 0.1) is 43.3 Å². The molecule has 0 saturated heterocycles. The molecule has 146 valence electrons. The van der Waals surface area contributed by atoms with Crippen molar-refractivity contribution < 1.29 is 28.6 Å². The summed E-state index contributed by atoms with van der Waals surface area (Å²) in [5.41, 5.74) is 0.631. The molecular formula is C19H17ClN2O6. The minimum atomic E-state index is -0.849. The van der Waals surface area contributed by atoms with E-state index in [1.807, 2.05) is 0 Å². The topological polar surface area (TPSA) is 94.2 Å². The van der Waals surface area contributed by atoms with E-state index < -0.39 is 17.6 Å². The van der Waals surface area contributed by atoms with Crippen LogP contribution in [0.2, 0.25) is 5.02 Å². The fraction of sp³-hybridized carbons (Fsp3) is 0.211. The Kier molecular flexibility index (Phi) is 5.41. The highest BCUT2D eigenvalue weighted by Crippen LogP contribution is 2.47. The minimum absolute atomic E-state index is 0.0238.